The Labute approximate surface area is 129 Å². The minimum absolute atomic E-state index is 0.0306. The second-order valence-corrected chi connectivity index (χ2v) is 5.75. The van der Waals surface area contributed by atoms with Crippen LogP contribution < -0.4 is 5.32 Å². The maximum absolute atomic E-state index is 13.1. The number of hydrogen-bond donors (Lipinski definition) is 1. The highest BCUT2D eigenvalue weighted by Gasteiger charge is 2.34. The molecule has 0 bridgehead atoms. The standard InChI is InChI=1S/C16H22F2N2O2/c1-20-5-3-4-14(15(20)10-22-2)16(21)19-9-11-6-12(17)8-13(18)7-11/h6-8,14-15H,3-5,9-10H2,1-2H3,(H,19,21)/t14-,15-/m1/s1. The topological polar surface area (TPSA) is 41.6 Å². The minimum Gasteiger partial charge on any atom is -0.383 e. The van der Waals surface area contributed by atoms with E-state index in [1.165, 1.54) is 12.1 Å². The molecule has 1 saturated heterocycles. The molecule has 1 aromatic carbocycles. The first-order valence-corrected chi connectivity index (χ1v) is 7.43. The quantitative estimate of drug-likeness (QED) is 0.903. The van der Waals surface area contributed by atoms with Gasteiger partial charge < -0.3 is 15.0 Å². The van der Waals surface area contributed by atoms with Gasteiger partial charge in [0.05, 0.1) is 12.5 Å². The number of amides is 1. The summed E-state index contributed by atoms with van der Waals surface area (Å²) in [6, 6.07) is 3.30. The van der Waals surface area contributed by atoms with E-state index in [1.807, 2.05) is 7.05 Å². The van der Waals surface area contributed by atoms with Crippen LogP contribution in [-0.2, 0) is 16.1 Å². The van der Waals surface area contributed by atoms with Gasteiger partial charge in [-0.15, -0.1) is 0 Å². The van der Waals surface area contributed by atoms with Crippen LogP contribution in [0.1, 0.15) is 18.4 Å². The molecule has 0 radical (unpaired) electrons. The van der Waals surface area contributed by atoms with Gasteiger partial charge in [0, 0.05) is 25.8 Å². The Morgan fingerprint density at radius 3 is 2.68 bits per heavy atom. The number of ether oxygens (including phenoxy) is 1. The number of hydrogen-bond acceptors (Lipinski definition) is 3. The molecule has 1 fully saturated rings. The van der Waals surface area contributed by atoms with Crippen LogP contribution in [0.15, 0.2) is 18.2 Å². The minimum atomic E-state index is -0.640. The summed E-state index contributed by atoms with van der Waals surface area (Å²) in [6.07, 6.45) is 1.74. The maximum Gasteiger partial charge on any atom is 0.225 e. The van der Waals surface area contributed by atoms with Gasteiger partial charge >= 0.3 is 0 Å². The molecule has 4 nitrogen and oxygen atoms in total. The summed E-state index contributed by atoms with van der Waals surface area (Å²) in [6.45, 7) is 1.55. The Morgan fingerprint density at radius 1 is 1.36 bits per heavy atom. The zero-order valence-electron chi connectivity index (χ0n) is 12.9. The highest BCUT2D eigenvalue weighted by Crippen LogP contribution is 2.23. The van der Waals surface area contributed by atoms with Gasteiger partial charge in [-0.2, -0.15) is 0 Å². The molecule has 2 rings (SSSR count). The normalized spacial score (nSPS) is 22.5. The monoisotopic (exact) mass is 312 g/mol. The second-order valence-electron chi connectivity index (χ2n) is 5.75. The lowest BCUT2D eigenvalue weighted by Crippen LogP contribution is -2.51. The Kier molecular flexibility index (Phi) is 5.85. The van der Waals surface area contributed by atoms with Crippen molar-refractivity contribution in [1.29, 1.82) is 0 Å². The summed E-state index contributed by atoms with van der Waals surface area (Å²) in [5.41, 5.74) is 0.415. The number of rotatable bonds is 5. The molecule has 0 aromatic heterocycles. The van der Waals surface area contributed by atoms with Gasteiger partial charge in [-0.25, -0.2) is 8.78 Å². The van der Waals surface area contributed by atoms with E-state index < -0.39 is 11.6 Å². The van der Waals surface area contributed by atoms with Gasteiger partial charge in [0.2, 0.25) is 5.91 Å². The number of halogens is 2. The average Bonchev–Trinajstić information content (AvgIpc) is 2.46. The van der Waals surface area contributed by atoms with Crippen molar-refractivity contribution in [2.75, 3.05) is 27.3 Å². The first kappa shape index (κ1) is 16.8. The molecule has 0 spiro atoms. The zero-order valence-corrected chi connectivity index (χ0v) is 12.9. The molecule has 0 unspecified atom stereocenters. The van der Waals surface area contributed by atoms with Crippen molar-refractivity contribution < 1.29 is 18.3 Å². The molecular weight excluding hydrogens is 290 g/mol. The summed E-state index contributed by atoms with van der Waals surface area (Å²) >= 11 is 0. The summed E-state index contributed by atoms with van der Waals surface area (Å²) in [4.78, 5) is 14.5. The molecular formula is C16H22F2N2O2. The smallest absolute Gasteiger partial charge is 0.225 e. The lowest BCUT2D eigenvalue weighted by atomic mass is 9.89. The number of methoxy groups -OCH3 is 1. The van der Waals surface area contributed by atoms with E-state index >= 15 is 0 Å². The van der Waals surface area contributed by atoms with Gasteiger partial charge in [-0.1, -0.05) is 0 Å². The Bertz CT molecular complexity index is 505. The zero-order chi connectivity index (χ0) is 16.1. The number of carbonyl (C=O) groups excluding carboxylic acids is 1. The Hall–Kier alpha value is -1.53. The third-order valence-corrected chi connectivity index (χ3v) is 4.12. The molecule has 1 amide bonds. The van der Waals surface area contributed by atoms with Gasteiger partial charge in [0.1, 0.15) is 11.6 Å². The first-order valence-electron chi connectivity index (χ1n) is 7.43. The summed E-state index contributed by atoms with van der Waals surface area (Å²) in [5.74, 6) is -1.55. The van der Waals surface area contributed by atoms with Crippen LogP contribution in [0.3, 0.4) is 0 Å². The van der Waals surface area contributed by atoms with Crippen molar-refractivity contribution in [2.45, 2.75) is 25.4 Å². The van der Waals surface area contributed by atoms with Crippen LogP contribution in [-0.4, -0.2) is 44.2 Å². The Balaban J connectivity index is 1.98. The fraction of sp³-hybridized carbons (Fsp3) is 0.562. The number of piperidine rings is 1. The van der Waals surface area contributed by atoms with Crippen LogP contribution in [0, 0.1) is 17.6 Å². The lowest BCUT2D eigenvalue weighted by molar-refractivity contribution is -0.129. The van der Waals surface area contributed by atoms with Gasteiger partial charge in [-0.3, -0.25) is 4.79 Å². The van der Waals surface area contributed by atoms with Crippen LogP contribution in [0.25, 0.3) is 0 Å². The van der Waals surface area contributed by atoms with Crippen molar-refractivity contribution in [3.05, 3.63) is 35.4 Å². The summed E-state index contributed by atoms with van der Waals surface area (Å²) in [5, 5.41) is 2.78. The number of likely N-dealkylation sites (N-methyl/N-ethyl adjacent to an activating group) is 1. The van der Waals surface area contributed by atoms with Crippen LogP contribution in [0.5, 0.6) is 0 Å². The van der Waals surface area contributed by atoms with Gasteiger partial charge in [0.25, 0.3) is 0 Å². The maximum atomic E-state index is 13.1. The number of nitrogens with one attached hydrogen (secondary N) is 1. The van der Waals surface area contributed by atoms with Crippen molar-refractivity contribution in [3.8, 4) is 0 Å². The van der Waals surface area contributed by atoms with E-state index in [9.17, 15) is 13.6 Å². The predicted molar refractivity (Wildman–Crippen MR) is 79.2 cm³/mol. The highest BCUT2D eigenvalue weighted by atomic mass is 19.1. The molecule has 1 aliphatic heterocycles. The molecule has 6 heteroatoms. The molecule has 0 aliphatic carbocycles. The van der Waals surface area contributed by atoms with E-state index in [-0.39, 0.29) is 24.4 Å². The number of carbonyl (C=O) groups is 1. The van der Waals surface area contributed by atoms with E-state index in [4.69, 9.17) is 4.74 Å². The van der Waals surface area contributed by atoms with Crippen molar-refractivity contribution in [1.82, 2.24) is 10.2 Å². The lowest BCUT2D eigenvalue weighted by Gasteiger charge is -2.37. The Morgan fingerprint density at radius 2 is 2.05 bits per heavy atom. The van der Waals surface area contributed by atoms with Gasteiger partial charge in [0.15, 0.2) is 0 Å². The molecule has 1 aromatic rings. The van der Waals surface area contributed by atoms with E-state index in [0.717, 1.165) is 25.5 Å². The van der Waals surface area contributed by atoms with Crippen LogP contribution in [0.2, 0.25) is 0 Å². The fourth-order valence-corrected chi connectivity index (χ4v) is 2.98. The van der Waals surface area contributed by atoms with Crippen molar-refractivity contribution in [2.24, 2.45) is 5.92 Å². The number of benzene rings is 1. The number of likely N-dealkylation sites (tertiary alicyclic amines) is 1. The third kappa shape index (κ3) is 4.24. The fourth-order valence-electron chi connectivity index (χ4n) is 2.98. The van der Waals surface area contributed by atoms with Gasteiger partial charge in [-0.05, 0) is 44.1 Å². The van der Waals surface area contributed by atoms with E-state index in [0.29, 0.717) is 12.2 Å². The van der Waals surface area contributed by atoms with E-state index in [2.05, 4.69) is 10.2 Å². The molecule has 1 N–H and O–H groups in total. The van der Waals surface area contributed by atoms with Crippen molar-refractivity contribution >= 4 is 5.91 Å². The SMILES string of the molecule is COC[C@@H]1[C@H](C(=O)NCc2cc(F)cc(F)c2)CCCN1C. The van der Waals surface area contributed by atoms with Crippen LogP contribution in [0.4, 0.5) is 8.78 Å². The predicted octanol–water partition coefficient (Wildman–Crippen LogP) is 1.94. The van der Waals surface area contributed by atoms with Crippen molar-refractivity contribution in [3.63, 3.8) is 0 Å². The number of nitrogens with zero attached hydrogens (tertiary/aromatic N) is 1. The first-order chi connectivity index (χ1) is 10.5. The molecule has 1 heterocycles. The second kappa shape index (κ2) is 7.65. The van der Waals surface area contributed by atoms with Crippen LogP contribution >= 0.6 is 0 Å². The molecule has 22 heavy (non-hydrogen) atoms. The molecule has 0 saturated carbocycles. The average molecular weight is 312 g/mol. The van der Waals surface area contributed by atoms with E-state index in [1.54, 1.807) is 7.11 Å². The highest BCUT2D eigenvalue weighted by molar-refractivity contribution is 5.79. The third-order valence-electron chi connectivity index (χ3n) is 4.12. The summed E-state index contributed by atoms with van der Waals surface area (Å²) in [7, 11) is 3.60. The summed E-state index contributed by atoms with van der Waals surface area (Å²) < 4.78 is 31.5. The molecule has 2 atom stereocenters. The molecule has 1 aliphatic rings. The largest absolute Gasteiger partial charge is 0.383 e. The molecule has 122 valence electrons.